The molecule has 9 heteroatoms. The predicted octanol–water partition coefficient (Wildman–Crippen LogP) is 4.41. The quantitative estimate of drug-likeness (QED) is 0.420. The lowest BCUT2D eigenvalue weighted by Crippen LogP contribution is -2.29. The fourth-order valence-corrected chi connectivity index (χ4v) is 3.53. The van der Waals surface area contributed by atoms with Crippen molar-refractivity contribution in [3.05, 3.63) is 64.1 Å². The highest BCUT2D eigenvalue weighted by atomic mass is 79.9. The number of hydrogen-bond acceptors (Lipinski definition) is 5. The summed E-state index contributed by atoms with van der Waals surface area (Å²) < 4.78 is 6.32. The van der Waals surface area contributed by atoms with Gasteiger partial charge in [0.05, 0.1) is 5.92 Å². The van der Waals surface area contributed by atoms with E-state index in [0.29, 0.717) is 25.1 Å². The van der Waals surface area contributed by atoms with Gasteiger partial charge < -0.3 is 20.7 Å². The average Bonchev–Trinajstić information content (AvgIpc) is 2.79. The van der Waals surface area contributed by atoms with Crippen LogP contribution in [0.2, 0.25) is 0 Å². The van der Waals surface area contributed by atoms with Crippen LogP contribution in [0, 0.1) is 5.92 Å². The number of amides is 3. The van der Waals surface area contributed by atoms with E-state index in [1.807, 2.05) is 31.2 Å². The van der Waals surface area contributed by atoms with Crippen molar-refractivity contribution in [3.63, 3.8) is 0 Å². The monoisotopic (exact) mass is 531 g/mol. The minimum Gasteiger partial charge on any atom is -0.445 e. The van der Waals surface area contributed by atoms with Gasteiger partial charge >= 0.3 is 6.09 Å². The topological polar surface area (TPSA) is 119 Å². The molecule has 2 aromatic carbocycles. The largest absolute Gasteiger partial charge is 0.445 e. The maximum atomic E-state index is 12.6. The Labute approximate surface area is 208 Å². The van der Waals surface area contributed by atoms with E-state index >= 15 is 0 Å². The summed E-state index contributed by atoms with van der Waals surface area (Å²) in [4.78, 5) is 49.6. The summed E-state index contributed by atoms with van der Waals surface area (Å²) in [5, 5.41) is 2.72. The second-order valence-electron chi connectivity index (χ2n) is 8.08. The number of hydrogen-bond donors (Lipinski definition) is 2. The Morgan fingerprint density at radius 2 is 1.62 bits per heavy atom. The van der Waals surface area contributed by atoms with Gasteiger partial charge in [-0.05, 0) is 41.8 Å². The highest BCUT2D eigenvalue weighted by Gasteiger charge is 2.23. The lowest BCUT2D eigenvalue weighted by molar-refractivity contribution is -0.129. The molecule has 1 atom stereocenters. The number of nitrogens with zero attached hydrogens (tertiary/aromatic N) is 1. The molecule has 34 heavy (non-hydrogen) atoms. The van der Waals surface area contributed by atoms with Gasteiger partial charge in [-0.3, -0.25) is 14.4 Å². The number of nitrogens with one attached hydrogen (secondary N) is 1. The lowest BCUT2D eigenvalue weighted by atomic mass is 9.95. The van der Waals surface area contributed by atoms with Crippen molar-refractivity contribution >= 4 is 45.3 Å². The van der Waals surface area contributed by atoms with Crippen LogP contribution in [0.1, 0.15) is 43.7 Å². The third-order valence-corrected chi connectivity index (χ3v) is 5.58. The van der Waals surface area contributed by atoms with Crippen LogP contribution >= 0.6 is 15.9 Å². The zero-order chi connectivity index (χ0) is 25.1. The molecule has 0 radical (unpaired) electrons. The number of nitrogens with two attached hydrogens (primary N) is 1. The van der Waals surface area contributed by atoms with Crippen molar-refractivity contribution < 1.29 is 23.9 Å². The second kappa shape index (κ2) is 13.5. The van der Waals surface area contributed by atoms with Gasteiger partial charge in [0, 0.05) is 43.0 Å². The molecule has 0 aromatic heterocycles. The molecule has 2 rings (SSSR count). The number of rotatable bonds is 12. The molecular formula is C25H30BrN3O5. The Bertz CT molecular complexity index is 993. The van der Waals surface area contributed by atoms with E-state index in [0.717, 1.165) is 15.6 Å². The van der Waals surface area contributed by atoms with Gasteiger partial charge in [-0.2, -0.15) is 0 Å². The van der Waals surface area contributed by atoms with E-state index in [-0.39, 0.29) is 25.2 Å². The first-order valence-electron chi connectivity index (χ1n) is 11.0. The maximum Gasteiger partial charge on any atom is 0.410 e. The molecule has 0 aliphatic carbocycles. The third kappa shape index (κ3) is 9.35. The standard InChI is InChI=1S/C25H30BrN3O5/c1-3-4-22(30)13-19(14-23(27)31)24(32)28-21-11-7-18(8-12-21)16-34-25(33)29(2)15-17-5-9-20(26)10-6-17/h5-12,19H,3-4,13-16H2,1-2H3,(H2,27,31)(H,28,32)/t19-/m1/s1. The molecule has 0 spiro atoms. The summed E-state index contributed by atoms with van der Waals surface area (Å²) in [6.07, 6.45) is 0.365. The Kier molecular flexibility index (Phi) is 10.7. The summed E-state index contributed by atoms with van der Waals surface area (Å²) in [6.45, 7) is 2.37. The number of ether oxygens (including phenoxy) is 1. The Morgan fingerprint density at radius 1 is 1.00 bits per heavy atom. The van der Waals surface area contributed by atoms with Gasteiger partial charge in [-0.25, -0.2) is 4.79 Å². The SMILES string of the molecule is CCCC(=O)C[C@H](CC(N)=O)C(=O)Nc1ccc(COC(=O)N(C)Cc2ccc(Br)cc2)cc1. The van der Waals surface area contributed by atoms with Crippen LogP contribution in [0.3, 0.4) is 0 Å². The summed E-state index contributed by atoms with van der Waals surface area (Å²) in [7, 11) is 1.66. The van der Waals surface area contributed by atoms with E-state index in [1.165, 1.54) is 4.90 Å². The van der Waals surface area contributed by atoms with Crippen LogP contribution in [-0.2, 0) is 32.3 Å². The van der Waals surface area contributed by atoms with Crippen molar-refractivity contribution in [3.8, 4) is 0 Å². The van der Waals surface area contributed by atoms with Crippen LogP contribution in [-0.4, -0.2) is 35.6 Å². The first kappa shape index (κ1) is 27.0. The number of halogens is 1. The molecule has 0 unspecified atom stereocenters. The van der Waals surface area contributed by atoms with Crippen LogP contribution in [0.25, 0.3) is 0 Å². The molecule has 0 heterocycles. The van der Waals surface area contributed by atoms with E-state index in [1.54, 1.807) is 31.3 Å². The Hall–Kier alpha value is -3.20. The molecule has 0 aliphatic heterocycles. The van der Waals surface area contributed by atoms with Gasteiger partial charge in [-0.15, -0.1) is 0 Å². The van der Waals surface area contributed by atoms with Crippen LogP contribution < -0.4 is 11.1 Å². The number of benzene rings is 2. The summed E-state index contributed by atoms with van der Waals surface area (Å²) in [5.41, 5.74) is 7.48. The van der Waals surface area contributed by atoms with Crippen LogP contribution in [0.4, 0.5) is 10.5 Å². The Balaban J connectivity index is 1.87. The molecule has 0 saturated heterocycles. The van der Waals surface area contributed by atoms with E-state index in [9.17, 15) is 19.2 Å². The van der Waals surface area contributed by atoms with Gasteiger partial charge in [-0.1, -0.05) is 47.1 Å². The Morgan fingerprint density at radius 3 is 2.21 bits per heavy atom. The molecule has 0 fully saturated rings. The number of carbonyl (C=O) groups is 4. The summed E-state index contributed by atoms with van der Waals surface area (Å²) in [6, 6.07) is 14.5. The van der Waals surface area contributed by atoms with Crippen LogP contribution in [0.5, 0.6) is 0 Å². The first-order chi connectivity index (χ1) is 16.2. The average molecular weight is 532 g/mol. The van der Waals surface area contributed by atoms with Gasteiger partial charge in [0.2, 0.25) is 11.8 Å². The van der Waals surface area contributed by atoms with E-state index < -0.39 is 23.8 Å². The highest BCUT2D eigenvalue weighted by molar-refractivity contribution is 9.10. The smallest absolute Gasteiger partial charge is 0.410 e. The number of primary amides is 1. The lowest BCUT2D eigenvalue weighted by Gasteiger charge is -2.17. The van der Waals surface area contributed by atoms with Gasteiger partial charge in [0.25, 0.3) is 0 Å². The zero-order valence-electron chi connectivity index (χ0n) is 19.4. The van der Waals surface area contributed by atoms with Crippen molar-refractivity contribution in [1.29, 1.82) is 0 Å². The number of Topliss-reactive ketones (excluding diaryl/α,β-unsaturated/α-hetero) is 1. The number of ketones is 1. The summed E-state index contributed by atoms with van der Waals surface area (Å²) >= 11 is 3.38. The van der Waals surface area contributed by atoms with Crippen LogP contribution in [0.15, 0.2) is 53.0 Å². The van der Waals surface area contributed by atoms with E-state index in [4.69, 9.17) is 10.5 Å². The molecule has 2 aromatic rings. The highest BCUT2D eigenvalue weighted by Crippen LogP contribution is 2.17. The van der Waals surface area contributed by atoms with Crippen molar-refractivity contribution in [2.24, 2.45) is 11.7 Å². The summed E-state index contributed by atoms with van der Waals surface area (Å²) in [5.74, 6) is -1.95. The molecule has 0 aliphatic rings. The van der Waals surface area contributed by atoms with Crippen molar-refractivity contribution in [2.45, 2.75) is 45.8 Å². The fourth-order valence-electron chi connectivity index (χ4n) is 3.27. The van der Waals surface area contributed by atoms with Crippen molar-refractivity contribution in [1.82, 2.24) is 4.90 Å². The maximum absolute atomic E-state index is 12.6. The zero-order valence-corrected chi connectivity index (χ0v) is 21.0. The second-order valence-corrected chi connectivity index (χ2v) is 9.00. The molecule has 3 N–H and O–H groups in total. The molecule has 182 valence electrons. The molecule has 0 saturated carbocycles. The van der Waals surface area contributed by atoms with Crippen molar-refractivity contribution in [2.75, 3.05) is 12.4 Å². The normalized spacial score (nSPS) is 11.4. The van der Waals surface area contributed by atoms with Gasteiger partial charge in [0.15, 0.2) is 0 Å². The molecule has 0 bridgehead atoms. The van der Waals surface area contributed by atoms with Gasteiger partial charge in [0.1, 0.15) is 12.4 Å². The first-order valence-corrected chi connectivity index (χ1v) is 11.8. The molecular weight excluding hydrogens is 502 g/mol. The predicted molar refractivity (Wildman–Crippen MR) is 133 cm³/mol. The van der Waals surface area contributed by atoms with E-state index in [2.05, 4.69) is 21.2 Å². The number of carbonyl (C=O) groups excluding carboxylic acids is 4. The number of anilines is 1. The minimum absolute atomic E-state index is 0.0234. The fraction of sp³-hybridized carbons (Fsp3) is 0.360. The minimum atomic E-state index is -0.807. The molecule has 8 nitrogen and oxygen atoms in total. The molecule has 3 amide bonds. The third-order valence-electron chi connectivity index (χ3n) is 5.05.